The van der Waals surface area contributed by atoms with Crippen molar-refractivity contribution in [3.63, 3.8) is 0 Å². The van der Waals surface area contributed by atoms with Gasteiger partial charge in [-0.1, -0.05) is 60.8 Å². The van der Waals surface area contributed by atoms with Gasteiger partial charge < -0.3 is 5.32 Å². The van der Waals surface area contributed by atoms with Crippen molar-refractivity contribution in [1.29, 1.82) is 0 Å². The molecule has 3 rings (SSSR count). The van der Waals surface area contributed by atoms with E-state index in [0.717, 1.165) is 23.7 Å². The Morgan fingerprint density at radius 2 is 1.58 bits per heavy atom. The first-order chi connectivity index (χ1) is 12.3. The molecule has 2 aromatic carbocycles. The van der Waals surface area contributed by atoms with Crippen molar-refractivity contribution < 1.29 is 4.79 Å². The maximum absolute atomic E-state index is 12.5. The van der Waals surface area contributed by atoms with Crippen LogP contribution in [0.1, 0.15) is 47.6 Å². The summed E-state index contributed by atoms with van der Waals surface area (Å²) in [6.45, 7) is 2.67. The number of amides is 1. The lowest BCUT2D eigenvalue weighted by Crippen LogP contribution is -2.38. The highest BCUT2D eigenvalue weighted by atomic mass is 35.5. The van der Waals surface area contributed by atoms with Gasteiger partial charge in [0.2, 0.25) is 0 Å². The molecule has 0 spiro atoms. The fraction of sp³-hybridized carbons (Fsp3) is 0.381. The molecule has 5 heteroatoms. The lowest BCUT2D eigenvalue weighted by molar-refractivity contribution is 0.0933. The summed E-state index contributed by atoms with van der Waals surface area (Å²) in [5.74, 6) is -0.0347. The summed E-state index contributed by atoms with van der Waals surface area (Å²) >= 11 is 6.47. The van der Waals surface area contributed by atoms with Crippen molar-refractivity contribution in [1.82, 2.24) is 10.2 Å². The largest absolute Gasteiger partial charge is 0.350 e. The molecule has 26 heavy (non-hydrogen) atoms. The van der Waals surface area contributed by atoms with Gasteiger partial charge in [-0.25, -0.2) is 0 Å². The van der Waals surface area contributed by atoms with Crippen LogP contribution in [0.3, 0.4) is 0 Å². The fourth-order valence-electron chi connectivity index (χ4n) is 3.47. The quantitative estimate of drug-likeness (QED) is 0.766. The molecule has 1 unspecified atom stereocenters. The monoisotopic (exact) mass is 392 g/mol. The van der Waals surface area contributed by atoms with Crippen LogP contribution >= 0.6 is 24.0 Å². The van der Waals surface area contributed by atoms with Crippen molar-refractivity contribution in [3.8, 4) is 0 Å². The third kappa shape index (κ3) is 5.47. The highest BCUT2D eigenvalue weighted by molar-refractivity contribution is 6.31. The number of halogens is 2. The van der Waals surface area contributed by atoms with Gasteiger partial charge >= 0.3 is 0 Å². The van der Waals surface area contributed by atoms with Crippen LogP contribution in [0.5, 0.6) is 0 Å². The molecule has 1 atom stereocenters. The van der Waals surface area contributed by atoms with Crippen LogP contribution in [0, 0.1) is 0 Å². The zero-order valence-corrected chi connectivity index (χ0v) is 16.4. The smallest absolute Gasteiger partial charge is 0.251 e. The van der Waals surface area contributed by atoms with Crippen LogP contribution in [0.15, 0.2) is 54.6 Å². The molecule has 1 N–H and O–H groups in total. The van der Waals surface area contributed by atoms with E-state index < -0.39 is 0 Å². The number of rotatable bonds is 5. The normalized spacial score (nSPS) is 16.2. The second kappa shape index (κ2) is 10.6. The molecule has 1 aliphatic heterocycles. The van der Waals surface area contributed by atoms with Gasteiger partial charge in [0.15, 0.2) is 0 Å². The van der Waals surface area contributed by atoms with Crippen molar-refractivity contribution in [2.45, 2.75) is 31.7 Å². The van der Waals surface area contributed by atoms with Gasteiger partial charge in [0, 0.05) is 17.1 Å². The second-order valence-electron chi connectivity index (χ2n) is 6.56. The average molecular weight is 393 g/mol. The van der Waals surface area contributed by atoms with Crippen molar-refractivity contribution >= 4 is 29.9 Å². The molecule has 1 amide bonds. The van der Waals surface area contributed by atoms with Gasteiger partial charge in [-0.05, 0) is 49.7 Å². The SMILES string of the molecule is Cl.O=C(NCC(c1ccccc1Cl)N1CCCCCC1)c1ccccc1. The van der Waals surface area contributed by atoms with Crippen LogP contribution < -0.4 is 5.32 Å². The maximum Gasteiger partial charge on any atom is 0.251 e. The molecule has 1 saturated heterocycles. The average Bonchev–Trinajstić information content (AvgIpc) is 2.93. The van der Waals surface area contributed by atoms with Crippen molar-refractivity contribution in [2.24, 2.45) is 0 Å². The molecular formula is C21H26Cl2N2O. The number of carbonyl (C=O) groups is 1. The topological polar surface area (TPSA) is 32.3 Å². The third-order valence-corrected chi connectivity index (χ3v) is 5.18. The molecular weight excluding hydrogens is 367 g/mol. The summed E-state index contributed by atoms with van der Waals surface area (Å²) in [5, 5.41) is 3.87. The molecule has 3 nitrogen and oxygen atoms in total. The van der Waals surface area contributed by atoms with Crippen LogP contribution in [0.25, 0.3) is 0 Å². The molecule has 1 fully saturated rings. The molecule has 1 aliphatic rings. The maximum atomic E-state index is 12.5. The van der Waals surface area contributed by atoms with E-state index >= 15 is 0 Å². The summed E-state index contributed by atoms with van der Waals surface area (Å²) in [5.41, 5.74) is 1.79. The molecule has 1 heterocycles. The Balaban J connectivity index is 0.00000243. The molecule has 0 bridgehead atoms. The van der Waals surface area contributed by atoms with E-state index in [2.05, 4.69) is 16.3 Å². The number of likely N-dealkylation sites (tertiary alicyclic amines) is 1. The van der Waals surface area contributed by atoms with Crippen LogP contribution in [0.2, 0.25) is 5.02 Å². The highest BCUT2D eigenvalue weighted by Crippen LogP contribution is 2.29. The van der Waals surface area contributed by atoms with Gasteiger partial charge in [-0.3, -0.25) is 9.69 Å². The van der Waals surface area contributed by atoms with Gasteiger partial charge in [-0.15, -0.1) is 12.4 Å². The summed E-state index contributed by atoms with van der Waals surface area (Å²) in [6.07, 6.45) is 4.96. The summed E-state index contributed by atoms with van der Waals surface area (Å²) in [7, 11) is 0. The summed E-state index contributed by atoms with van der Waals surface area (Å²) < 4.78 is 0. The first-order valence-corrected chi connectivity index (χ1v) is 9.45. The van der Waals surface area contributed by atoms with E-state index in [0.29, 0.717) is 12.1 Å². The Kier molecular flexibility index (Phi) is 8.43. The number of nitrogens with one attached hydrogen (secondary N) is 1. The van der Waals surface area contributed by atoms with Gasteiger partial charge in [0.1, 0.15) is 0 Å². The molecule has 0 radical (unpaired) electrons. The molecule has 140 valence electrons. The molecule has 0 aliphatic carbocycles. The van der Waals surface area contributed by atoms with Crippen LogP contribution in [-0.4, -0.2) is 30.4 Å². The predicted molar refractivity (Wildman–Crippen MR) is 110 cm³/mol. The Bertz CT molecular complexity index is 685. The van der Waals surface area contributed by atoms with Gasteiger partial charge in [0.05, 0.1) is 6.04 Å². The minimum atomic E-state index is -0.0347. The van der Waals surface area contributed by atoms with Crippen LogP contribution in [0.4, 0.5) is 0 Å². The highest BCUT2D eigenvalue weighted by Gasteiger charge is 2.24. The lowest BCUT2D eigenvalue weighted by Gasteiger charge is -2.31. The van der Waals surface area contributed by atoms with Crippen molar-refractivity contribution in [3.05, 3.63) is 70.7 Å². The summed E-state index contributed by atoms with van der Waals surface area (Å²) in [6, 6.07) is 17.5. The summed E-state index contributed by atoms with van der Waals surface area (Å²) in [4.78, 5) is 14.9. The Morgan fingerprint density at radius 3 is 2.23 bits per heavy atom. The number of hydrogen-bond donors (Lipinski definition) is 1. The Hall–Kier alpha value is -1.55. The van der Waals surface area contributed by atoms with Gasteiger partial charge in [-0.2, -0.15) is 0 Å². The fourth-order valence-corrected chi connectivity index (χ4v) is 3.73. The van der Waals surface area contributed by atoms with E-state index in [9.17, 15) is 4.79 Å². The Morgan fingerprint density at radius 1 is 0.962 bits per heavy atom. The minimum Gasteiger partial charge on any atom is -0.350 e. The zero-order chi connectivity index (χ0) is 17.5. The standard InChI is InChI=1S/C21H25ClN2O.ClH/c22-19-13-7-6-12-18(19)20(24-14-8-1-2-9-15-24)16-23-21(25)17-10-4-3-5-11-17;/h3-7,10-13,20H,1-2,8-9,14-16H2,(H,23,25);1H. The minimum absolute atomic E-state index is 0. The second-order valence-corrected chi connectivity index (χ2v) is 6.97. The number of hydrogen-bond acceptors (Lipinski definition) is 2. The van der Waals surface area contributed by atoms with Gasteiger partial charge in [0.25, 0.3) is 5.91 Å². The first kappa shape index (κ1) is 20.8. The number of benzene rings is 2. The van der Waals surface area contributed by atoms with E-state index in [1.807, 2.05) is 48.5 Å². The molecule has 2 aromatic rings. The van der Waals surface area contributed by atoms with E-state index in [1.54, 1.807) is 0 Å². The third-order valence-electron chi connectivity index (χ3n) is 4.84. The molecule has 0 aromatic heterocycles. The molecule has 0 saturated carbocycles. The zero-order valence-electron chi connectivity index (χ0n) is 14.9. The van der Waals surface area contributed by atoms with Crippen LogP contribution in [-0.2, 0) is 0 Å². The first-order valence-electron chi connectivity index (χ1n) is 9.07. The Labute approximate surface area is 167 Å². The van der Waals surface area contributed by atoms with E-state index in [1.165, 1.54) is 25.7 Å². The number of carbonyl (C=O) groups excluding carboxylic acids is 1. The van der Waals surface area contributed by atoms with E-state index in [-0.39, 0.29) is 24.4 Å². The van der Waals surface area contributed by atoms with E-state index in [4.69, 9.17) is 11.6 Å². The number of nitrogens with zero attached hydrogens (tertiary/aromatic N) is 1. The lowest BCUT2D eigenvalue weighted by atomic mass is 10.0. The van der Waals surface area contributed by atoms with Crippen molar-refractivity contribution in [2.75, 3.05) is 19.6 Å². The predicted octanol–water partition coefficient (Wildman–Crippen LogP) is 5.11.